The number of ether oxygens (including phenoxy) is 1. The summed E-state index contributed by atoms with van der Waals surface area (Å²) in [7, 11) is 0. The van der Waals surface area contributed by atoms with Gasteiger partial charge in [0.15, 0.2) is 0 Å². The number of nitrogens with one attached hydrogen (secondary N) is 1. The van der Waals surface area contributed by atoms with Crippen molar-refractivity contribution in [1.82, 2.24) is 10.2 Å². The second-order valence-corrected chi connectivity index (χ2v) is 9.54. The lowest BCUT2D eigenvalue weighted by Gasteiger charge is -2.28. The van der Waals surface area contributed by atoms with Gasteiger partial charge in [-0.25, -0.2) is 4.79 Å². The van der Waals surface area contributed by atoms with Crippen molar-refractivity contribution in [2.45, 2.75) is 39.0 Å². The van der Waals surface area contributed by atoms with Crippen molar-refractivity contribution in [3.8, 4) is 11.1 Å². The van der Waals surface area contributed by atoms with E-state index in [0.29, 0.717) is 25.9 Å². The maximum Gasteiger partial charge on any atom is 0.407 e. The van der Waals surface area contributed by atoms with Crippen molar-refractivity contribution in [2.75, 3.05) is 26.2 Å². The Labute approximate surface area is 200 Å². The summed E-state index contributed by atoms with van der Waals surface area (Å²) in [6.45, 7) is 5.06. The van der Waals surface area contributed by atoms with Crippen LogP contribution in [-0.4, -0.2) is 54.2 Å². The SMILES string of the molecule is CC(C)C1(C(=O)O)CCN(C(=O)CCCNC(=O)OCC2c3ccccc3-c3ccccc32)C1. The Morgan fingerprint density at radius 3 is 2.26 bits per heavy atom. The van der Waals surface area contributed by atoms with Crippen molar-refractivity contribution in [3.05, 3.63) is 59.7 Å². The molecule has 0 bridgehead atoms. The summed E-state index contributed by atoms with van der Waals surface area (Å²) in [5.41, 5.74) is 3.81. The Balaban J connectivity index is 1.22. The Morgan fingerprint density at radius 2 is 1.71 bits per heavy atom. The molecule has 4 rings (SSSR count). The number of amides is 2. The number of carbonyl (C=O) groups excluding carboxylic acids is 2. The molecule has 2 aliphatic rings. The largest absolute Gasteiger partial charge is 0.481 e. The molecule has 0 saturated carbocycles. The number of rotatable bonds is 8. The van der Waals surface area contributed by atoms with E-state index in [1.807, 2.05) is 38.1 Å². The van der Waals surface area contributed by atoms with Gasteiger partial charge in [-0.05, 0) is 41.0 Å². The number of carboxylic acids is 1. The molecule has 1 atom stereocenters. The first-order valence-corrected chi connectivity index (χ1v) is 11.9. The van der Waals surface area contributed by atoms with Gasteiger partial charge in [0.2, 0.25) is 5.91 Å². The van der Waals surface area contributed by atoms with Gasteiger partial charge in [-0.1, -0.05) is 62.4 Å². The van der Waals surface area contributed by atoms with Gasteiger partial charge in [-0.2, -0.15) is 0 Å². The summed E-state index contributed by atoms with van der Waals surface area (Å²) in [4.78, 5) is 38.2. The van der Waals surface area contributed by atoms with E-state index in [0.717, 1.165) is 11.1 Å². The number of nitrogens with zero attached hydrogens (tertiary/aromatic N) is 1. The summed E-state index contributed by atoms with van der Waals surface area (Å²) in [6, 6.07) is 16.3. The molecule has 2 N–H and O–H groups in total. The van der Waals surface area contributed by atoms with Crippen molar-refractivity contribution in [2.24, 2.45) is 11.3 Å². The van der Waals surface area contributed by atoms with Crippen LogP contribution >= 0.6 is 0 Å². The lowest BCUT2D eigenvalue weighted by atomic mass is 9.76. The lowest BCUT2D eigenvalue weighted by Crippen LogP contribution is -2.40. The third-order valence-corrected chi connectivity index (χ3v) is 7.37. The monoisotopic (exact) mass is 464 g/mol. The van der Waals surface area contributed by atoms with Gasteiger partial charge < -0.3 is 20.1 Å². The van der Waals surface area contributed by atoms with Gasteiger partial charge in [-0.3, -0.25) is 9.59 Å². The van der Waals surface area contributed by atoms with Gasteiger partial charge in [0, 0.05) is 32.0 Å². The number of hydrogen-bond acceptors (Lipinski definition) is 4. The molecule has 2 aromatic carbocycles. The maximum absolute atomic E-state index is 12.5. The van der Waals surface area contributed by atoms with Gasteiger partial charge in [0.25, 0.3) is 0 Å². The number of fused-ring (bicyclic) bond motifs is 3. The molecule has 1 aliphatic heterocycles. The van der Waals surface area contributed by atoms with E-state index >= 15 is 0 Å². The zero-order valence-corrected chi connectivity index (χ0v) is 19.8. The van der Waals surface area contributed by atoms with Crippen LogP contribution < -0.4 is 5.32 Å². The van der Waals surface area contributed by atoms with Crippen LogP contribution in [0.15, 0.2) is 48.5 Å². The molecule has 1 saturated heterocycles. The second-order valence-electron chi connectivity index (χ2n) is 9.54. The first-order valence-electron chi connectivity index (χ1n) is 11.9. The molecule has 7 heteroatoms. The first-order chi connectivity index (χ1) is 16.3. The molecule has 0 spiro atoms. The van der Waals surface area contributed by atoms with Gasteiger partial charge >= 0.3 is 12.1 Å². The molecule has 2 aromatic rings. The summed E-state index contributed by atoms with van der Waals surface area (Å²) < 4.78 is 5.52. The smallest absolute Gasteiger partial charge is 0.407 e. The summed E-state index contributed by atoms with van der Waals surface area (Å²) in [5.74, 6) is -0.948. The average molecular weight is 465 g/mol. The fourth-order valence-corrected chi connectivity index (χ4v) is 5.18. The maximum atomic E-state index is 12.5. The summed E-state index contributed by atoms with van der Waals surface area (Å²) in [5, 5.41) is 12.4. The van der Waals surface area contributed by atoms with Crippen LogP contribution in [-0.2, 0) is 14.3 Å². The zero-order chi connectivity index (χ0) is 24.3. The fraction of sp³-hybridized carbons (Fsp3) is 0.444. The molecule has 0 radical (unpaired) electrons. The van der Waals surface area contributed by atoms with Crippen molar-refractivity contribution in [1.29, 1.82) is 0 Å². The van der Waals surface area contributed by atoms with Crippen LogP contribution in [0.3, 0.4) is 0 Å². The highest BCUT2D eigenvalue weighted by Gasteiger charge is 2.48. The standard InChI is InChI=1S/C27H32N2O5/c1-18(2)27(25(31)32)13-15-29(17-27)24(30)12-7-14-28-26(33)34-16-23-21-10-5-3-8-19(21)20-9-4-6-11-22(20)23/h3-6,8-11,18,23H,7,12-17H2,1-2H3,(H,28,33)(H,31,32). The normalized spacial score (nSPS) is 19.1. The minimum absolute atomic E-state index is 0.00496. The van der Waals surface area contributed by atoms with Crippen LogP contribution in [0, 0.1) is 11.3 Å². The molecule has 2 amide bonds. The third kappa shape index (κ3) is 4.52. The highest BCUT2D eigenvalue weighted by atomic mass is 16.5. The highest BCUT2D eigenvalue weighted by molar-refractivity contribution is 5.81. The fourth-order valence-electron chi connectivity index (χ4n) is 5.18. The molecule has 34 heavy (non-hydrogen) atoms. The average Bonchev–Trinajstić information content (AvgIpc) is 3.42. The molecule has 0 aromatic heterocycles. The molecule has 1 unspecified atom stereocenters. The Bertz CT molecular complexity index is 1040. The van der Waals surface area contributed by atoms with Crippen LogP contribution in [0.2, 0.25) is 0 Å². The predicted octanol–water partition coefficient (Wildman–Crippen LogP) is 4.26. The van der Waals surface area contributed by atoms with Crippen LogP contribution in [0.1, 0.15) is 50.2 Å². The topological polar surface area (TPSA) is 95.9 Å². The molecule has 1 heterocycles. The Kier molecular flexibility index (Phi) is 6.91. The molecule has 7 nitrogen and oxygen atoms in total. The van der Waals surface area contributed by atoms with Crippen LogP contribution in [0.5, 0.6) is 0 Å². The van der Waals surface area contributed by atoms with E-state index < -0.39 is 17.5 Å². The number of benzene rings is 2. The number of alkyl carbamates (subject to hydrolysis) is 1. The highest BCUT2D eigenvalue weighted by Crippen LogP contribution is 2.44. The van der Waals surface area contributed by atoms with E-state index in [9.17, 15) is 19.5 Å². The Hall–Kier alpha value is -3.35. The summed E-state index contributed by atoms with van der Waals surface area (Å²) >= 11 is 0. The quantitative estimate of drug-likeness (QED) is 0.569. The van der Waals surface area contributed by atoms with Crippen molar-refractivity contribution in [3.63, 3.8) is 0 Å². The number of likely N-dealkylation sites (tertiary alicyclic amines) is 1. The van der Waals surface area contributed by atoms with E-state index in [-0.39, 0.29) is 37.3 Å². The van der Waals surface area contributed by atoms with E-state index in [4.69, 9.17) is 4.74 Å². The second kappa shape index (κ2) is 9.87. The van der Waals surface area contributed by atoms with Crippen molar-refractivity contribution >= 4 is 18.0 Å². The minimum atomic E-state index is -0.866. The van der Waals surface area contributed by atoms with E-state index in [1.54, 1.807) is 4.90 Å². The lowest BCUT2D eigenvalue weighted by molar-refractivity contribution is -0.151. The molecular formula is C27H32N2O5. The number of aliphatic carboxylic acids is 1. The third-order valence-electron chi connectivity index (χ3n) is 7.37. The van der Waals surface area contributed by atoms with E-state index in [1.165, 1.54) is 11.1 Å². The predicted molar refractivity (Wildman–Crippen MR) is 128 cm³/mol. The molecule has 1 aliphatic carbocycles. The van der Waals surface area contributed by atoms with Crippen LogP contribution in [0.25, 0.3) is 11.1 Å². The number of hydrogen-bond donors (Lipinski definition) is 2. The number of carboxylic acid groups (broad SMARTS) is 1. The Morgan fingerprint density at radius 1 is 1.09 bits per heavy atom. The molecular weight excluding hydrogens is 432 g/mol. The zero-order valence-electron chi connectivity index (χ0n) is 19.8. The van der Waals surface area contributed by atoms with E-state index in [2.05, 4.69) is 29.6 Å². The van der Waals surface area contributed by atoms with Gasteiger partial charge in [-0.15, -0.1) is 0 Å². The molecule has 1 fully saturated rings. The number of carbonyl (C=O) groups is 3. The van der Waals surface area contributed by atoms with Gasteiger partial charge in [0.1, 0.15) is 6.61 Å². The van der Waals surface area contributed by atoms with Crippen molar-refractivity contribution < 1.29 is 24.2 Å². The first kappa shape index (κ1) is 23.8. The van der Waals surface area contributed by atoms with Crippen LogP contribution in [0.4, 0.5) is 4.79 Å². The molecule has 180 valence electrons. The minimum Gasteiger partial charge on any atom is -0.481 e. The van der Waals surface area contributed by atoms with Gasteiger partial charge in [0.05, 0.1) is 5.41 Å². The summed E-state index contributed by atoms with van der Waals surface area (Å²) in [6.07, 6.45) is 0.711.